The van der Waals surface area contributed by atoms with Crippen LogP contribution < -0.4 is 10.6 Å². The van der Waals surface area contributed by atoms with Crippen molar-refractivity contribution in [3.05, 3.63) is 37.4 Å². The summed E-state index contributed by atoms with van der Waals surface area (Å²) >= 11 is 1.95. The average molecular weight is 389 g/mol. The van der Waals surface area contributed by atoms with Crippen LogP contribution in [0.2, 0.25) is 0 Å². The van der Waals surface area contributed by atoms with Crippen LogP contribution in [-0.2, 0) is 0 Å². The van der Waals surface area contributed by atoms with E-state index in [9.17, 15) is 14.9 Å². The number of nitro benzene ring substituents is 1. The Kier molecular flexibility index (Phi) is 4.92. The third-order valence-corrected chi connectivity index (χ3v) is 4.44. The first-order valence-corrected chi connectivity index (χ1v) is 7.52. The molecule has 0 aromatic heterocycles. The first-order chi connectivity index (χ1) is 9.49. The molecule has 1 aliphatic rings. The molecule has 1 aliphatic heterocycles. The standard InChI is InChI=1S/C13H16IN3O3/c1-8-4-5-15-7-12(8)16-13(18)10-3-2-9(17(19)20)6-11(10)14/h2-3,6,8,12,15H,4-5,7H2,1H3,(H,16,18). The van der Waals surface area contributed by atoms with Crippen molar-refractivity contribution in [1.82, 2.24) is 10.6 Å². The molecule has 0 radical (unpaired) electrons. The van der Waals surface area contributed by atoms with Crippen LogP contribution in [0.4, 0.5) is 5.69 Å². The highest BCUT2D eigenvalue weighted by molar-refractivity contribution is 14.1. The van der Waals surface area contributed by atoms with Crippen molar-refractivity contribution in [2.24, 2.45) is 5.92 Å². The van der Waals surface area contributed by atoms with Gasteiger partial charge in [-0.25, -0.2) is 0 Å². The van der Waals surface area contributed by atoms with E-state index in [1.807, 2.05) is 22.6 Å². The number of non-ortho nitro benzene ring substituents is 1. The number of nitrogens with zero attached hydrogens (tertiary/aromatic N) is 1. The van der Waals surface area contributed by atoms with E-state index in [1.54, 1.807) is 0 Å². The zero-order chi connectivity index (χ0) is 14.7. The van der Waals surface area contributed by atoms with Crippen molar-refractivity contribution >= 4 is 34.2 Å². The first kappa shape index (κ1) is 15.2. The summed E-state index contributed by atoms with van der Waals surface area (Å²) in [5.74, 6) is 0.251. The number of piperidine rings is 1. The van der Waals surface area contributed by atoms with Crippen LogP contribution >= 0.6 is 22.6 Å². The molecule has 1 heterocycles. The van der Waals surface area contributed by atoms with Gasteiger partial charge in [-0.1, -0.05) is 6.92 Å². The summed E-state index contributed by atoms with van der Waals surface area (Å²) in [6, 6.07) is 4.38. The molecule has 2 N–H and O–H groups in total. The number of benzene rings is 1. The molecule has 1 aromatic rings. The van der Waals surface area contributed by atoms with Gasteiger partial charge in [0.2, 0.25) is 0 Å². The molecule has 108 valence electrons. The number of hydrogen-bond donors (Lipinski definition) is 2. The van der Waals surface area contributed by atoms with Crippen LogP contribution in [0.15, 0.2) is 18.2 Å². The Morgan fingerprint density at radius 3 is 2.90 bits per heavy atom. The molecular weight excluding hydrogens is 373 g/mol. The van der Waals surface area contributed by atoms with Gasteiger partial charge in [0.15, 0.2) is 0 Å². The minimum absolute atomic E-state index is 0.00125. The second kappa shape index (κ2) is 6.49. The van der Waals surface area contributed by atoms with Gasteiger partial charge in [-0.2, -0.15) is 0 Å². The third kappa shape index (κ3) is 3.45. The third-order valence-electron chi connectivity index (χ3n) is 3.55. The lowest BCUT2D eigenvalue weighted by atomic mass is 9.94. The summed E-state index contributed by atoms with van der Waals surface area (Å²) in [5, 5.41) is 16.9. The van der Waals surface area contributed by atoms with Crippen LogP contribution in [0.25, 0.3) is 0 Å². The largest absolute Gasteiger partial charge is 0.348 e. The van der Waals surface area contributed by atoms with Gasteiger partial charge in [0, 0.05) is 28.3 Å². The number of amides is 1. The van der Waals surface area contributed by atoms with E-state index in [0.29, 0.717) is 15.1 Å². The smallest absolute Gasteiger partial charge is 0.270 e. The van der Waals surface area contributed by atoms with Crippen molar-refractivity contribution in [3.63, 3.8) is 0 Å². The van der Waals surface area contributed by atoms with Crippen LogP contribution in [0.3, 0.4) is 0 Å². The molecular formula is C13H16IN3O3. The molecule has 20 heavy (non-hydrogen) atoms. The van der Waals surface area contributed by atoms with Gasteiger partial charge in [0.1, 0.15) is 0 Å². The Morgan fingerprint density at radius 2 is 2.30 bits per heavy atom. The molecule has 2 unspecified atom stereocenters. The predicted molar refractivity (Wildman–Crippen MR) is 83.7 cm³/mol. The zero-order valence-electron chi connectivity index (χ0n) is 11.1. The monoisotopic (exact) mass is 389 g/mol. The zero-order valence-corrected chi connectivity index (χ0v) is 13.2. The van der Waals surface area contributed by atoms with Gasteiger partial charge in [-0.05, 0) is 47.5 Å². The van der Waals surface area contributed by atoms with E-state index in [2.05, 4.69) is 17.6 Å². The summed E-state index contributed by atoms with van der Waals surface area (Å²) in [5.41, 5.74) is 0.479. The fraction of sp³-hybridized carbons (Fsp3) is 0.462. The maximum absolute atomic E-state index is 12.2. The summed E-state index contributed by atoms with van der Waals surface area (Å²) in [6.07, 6.45) is 1.03. The molecule has 0 aliphatic carbocycles. The Bertz CT molecular complexity index is 536. The van der Waals surface area contributed by atoms with E-state index in [4.69, 9.17) is 0 Å². The average Bonchev–Trinajstić information content (AvgIpc) is 2.41. The minimum atomic E-state index is -0.461. The molecule has 1 fully saturated rings. The molecule has 0 bridgehead atoms. The summed E-state index contributed by atoms with van der Waals surface area (Å²) in [7, 11) is 0. The number of rotatable bonds is 3. The van der Waals surface area contributed by atoms with Gasteiger partial charge < -0.3 is 10.6 Å². The topological polar surface area (TPSA) is 84.3 Å². The van der Waals surface area contributed by atoms with E-state index in [0.717, 1.165) is 19.5 Å². The number of carbonyl (C=O) groups is 1. The molecule has 2 rings (SSSR count). The molecule has 1 saturated heterocycles. The quantitative estimate of drug-likeness (QED) is 0.470. The molecule has 2 atom stereocenters. The van der Waals surface area contributed by atoms with Gasteiger partial charge in [0.05, 0.1) is 10.5 Å². The summed E-state index contributed by atoms with van der Waals surface area (Å²) in [4.78, 5) is 22.5. The van der Waals surface area contributed by atoms with Crippen molar-refractivity contribution in [3.8, 4) is 0 Å². The maximum atomic E-state index is 12.2. The minimum Gasteiger partial charge on any atom is -0.348 e. The Hall–Kier alpha value is -1.22. The summed E-state index contributed by atoms with van der Waals surface area (Å²) < 4.78 is 0.589. The predicted octanol–water partition coefficient (Wildman–Crippen LogP) is 1.93. The van der Waals surface area contributed by atoms with Crippen molar-refractivity contribution in [1.29, 1.82) is 0 Å². The van der Waals surface area contributed by atoms with Gasteiger partial charge in [-0.3, -0.25) is 14.9 Å². The van der Waals surface area contributed by atoms with Crippen molar-refractivity contribution in [2.45, 2.75) is 19.4 Å². The van der Waals surface area contributed by atoms with Crippen LogP contribution in [0.1, 0.15) is 23.7 Å². The lowest BCUT2D eigenvalue weighted by Crippen LogP contribution is -2.50. The van der Waals surface area contributed by atoms with Gasteiger partial charge >= 0.3 is 0 Å². The summed E-state index contributed by atoms with van der Waals surface area (Å²) in [6.45, 7) is 3.85. The molecule has 6 nitrogen and oxygen atoms in total. The van der Waals surface area contributed by atoms with E-state index in [1.165, 1.54) is 18.2 Å². The normalized spacial score (nSPS) is 22.3. The number of nitro groups is 1. The fourth-order valence-corrected chi connectivity index (χ4v) is 2.97. The Labute approximate surface area is 130 Å². The number of nitrogens with one attached hydrogen (secondary N) is 2. The second-order valence-electron chi connectivity index (χ2n) is 4.97. The molecule has 0 saturated carbocycles. The highest BCUT2D eigenvalue weighted by Gasteiger charge is 2.24. The van der Waals surface area contributed by atoms with Gasteiger partial charge in [0.25, 0.3) is 11.6 Å². The number of halogens is 1. The highest BCUT2D eigenvalue weighted by atomic mass is 127. The molecule has 1 amide bonds. The van der Waals surface area contributed by atoms with E-state index >= 15 is 0 Å². The van der Waals surface area contributed by atoms with Gasteiger partial charge in [-0.15, -0.1) is 0 Å². The second-order valence-corrected chi connectivity index (χ2v) is 6.13. The molecule has 7 heteroatoms. The lowest BCUT2D eigenvalue weighted by molar-refractivity contribution is -0.384. The molecule has 1 aromatic carbocycles. The number of carbonyl (C=O) groups excluding carboxylic acids is 1. The Balaban J connectivity index is 2.11. The van der Waals surface area contributed by atoms with Crippen molar-refractivity contribution in [2.75, 3.05) is 13.1 Å². The van der Waals surface area contributed by atoms with Crippen LogP contribution in [0.5, 0.6) is 0 Å². The van der Waals surface area contributed by atoms with Crippen LogP contribution in [0, 0.1) is 19.6 Å². The SMILES string of the molecule is CC1CCNCC1NC(=O)c1ccc([N+](=O)[O-])cc1I. The number of hydrogen-bond acceptors (Lipinski definition) is 4. The maximum Gasteiger partial charge on any atom is 0.270 e. The highest BCUT2D eigenvalue weighted by Crippen LogP contribution is 2.20. The van der Waals surface area contributed by atoms with Crippen molar-refractivity contribution < 1.29 is 9.72 Å². The first-order valence-electron chi connectivity index (χ1n) is 6.44. The van der Waals surface area contributed by atoms with Crippen LogP contribution in [-0.4, -0.2) is 30.0 Å². The molecule has 0 spiro atoms. The Morgan fingerprint density at radius 1 is 1.55 bits per heavy atom. The lowest BCUT2D eigenvalue weighted by Gasteiger charge is -2.30. The fourth-order valence-electron chi connectivity index (χ4n) is 2.23. The van der Waals surface area contributed by atoms with E-state index in [-0.39, 0.29) is 17.6 Å². The van der Waals surface area contributed by atoms with E-state index < -0.39 is 4.92 Å².